The number of rotatable bonds is 4. The first-order chi connectivity index (χ1) is 12.2. The maximum Gasteiger partial charge on any atom is 0.412 e. The number of hydrogen-bond donors (Lipinski definition) is 1. The summed E-state index contributed by atoms with van der Waals surface area (Å²) in [7, 11) is -5.46. The lowest BCUT2D eigenvalue weighted by molar-refractivity contribution is 0.0636. The van der Waals surface area contributed by atoms with Gasteiger partial charge in [0.2, 0.25) is 0 Å². The molecule has 0 aromatic heterocycles. The van der Waals surface area contributed by atoms with E-state index in [-0.39, 0.29) is 5.75 Å². The fourth-order valence-electron chi connectivity index (χ4n) is 2.69. The van der Waals surface area contributed by atoms with E-state index in [4.69, 9.17) is 8.92 Å². The Hall–Kier alpha value is -2.06. The molecule has 0 aliphatic rings. The van der Waals surface area contributed by atoms with E-state index in [1.54, 1.807) is 39.0 Å². The number of amides is 1. The lowest BCUT2D eigenvalue weighted by atomic mass is 10.1. The second kappa shape index (κ2) is 7.16. The lowest BCUT2D eigenvalue weighted by Gasteiger charge is -2.25. The molecule has 0 saturated carbocycles. The summed E-state index contributed by atoms with van der Waals surface area (Å²) in [6, 6.07) is 8.97. The molecule has 0 unspecified atom stereocenters. The Labute approximate surface area is 162 Å². The molecule has 27 heavy (non-hydrogen) atoms. The molecule has 0 aliphatic heterocycles. The van der Waals surface area contributed by atoms with Gasteiger partial charge in [-0.2, -0.15) is 8.42 Å². The van der Waals surface area contributed by atoms with Crippen LogP contribution in [0.4, 0.5) is 10.5 Å². The molecule has 2 rings (SSSR count). The second-order valence-electron chi connectivity index (χ2n) is 8.54. The predicted octanol–water partition coefficient (Wildman–Crippen LogP) is 4.07. The molecule has 0 spiro atoms. The Bertz CT molecular complexity index is 972. The van der Waals surface area contributed by atoms with E-state index in [1.165, 1.54) is 0 Å². The number of carbonyl (C=O) groups is 1. The summed E-state index contributed by atoms with van der Waals surface area (Å²) >= 11 is 0. The highest BCUT2D eigenvalue weighted by Crippen LogP contribution is 2.29. The fraction of sp³-hybridized carbons (Fsp3) is 0.421. The van der Waals surface area contributed by atoms with E-state index in [0.717, 1.165) is 16.8 Å². The zero-order chi connectivity index (χ0) is 20.6. The number of benzene rings is 2. The highest BCUT2D eigenvalue weighted by Gasteiger charge is 2.25. The van der Waals surface area contributed by atoms with Gasteiger partial charge in [0.25, 0.3) is 0 Å². The van der Waals surface area contributed by atoms with Crippen molar-refractivity contribution in [3.05, 3.63) is 30.3 Å². The summed E-state index contributed by atoms with van der Waals surface area (Å²) < 4.78 is 33.4. The molecule has 2 aromatic carbocycles. The fourth-order valence-corrected chi connectivity index (χ4v) is 4.67. The second-order valence-corrected chi connectivity index (χ2v) is 15.1. The van der Waals surface area contributed by atoms with Crippen LogP contribution in [0.15, 0.2) is 30.3 Å². The minimum atomic E-state index is -3.65. The largest absolute Gasteiger partial charge is 0.444 e. The topological polar surface area (TPSA) is 81.7 Å². The predicted molar refractivity (Wildman–Crippen MR) is 112 cm³/mol. The van der Waals surface area contributed by atoms with Gasteiger partial charge in [0.1, 0.15) is 11.4 Å². The molecule has 0 saturated heterocycles. The van der Waals surface area contributed by atoms with Gasteiger partial charge in [0, 0.05) is 5.39 Å². The minimum absolute atomic E-state index is 0.199. The number of carbonyl (C=O) groups excluding carboxylic acids is 1. The Balaban J connectivity index is 2.63. The van der Waals surface area contributed by atoms with Crippen LogP contribution >= 0.6 is 0 Å². The van der Waals surface area contributed by atoms with Gasteiger partial charge in [-0.05, 0) is 43.5 Å². The molecular formula is C19H27NO5SSi. The van der Waals surface area contributed by atoms with Crippen molar-refractivity contribution >= 4 is 45.9 Å². The molecule has 0 bridgehead atoms. The van der Waals surface area contributed by atoms with Crippen LogP contribution in [0.1, 0.15) is 20.8 Å². The maximum absolute atomic E-state index is 12.4. The van der Waals surface area contributed by atoms with Crippen molar-refractivity contribution in [1.29, 1.82) is 0 Å². The maximum atomic E-state index is 12.4. The molecule has 8 heteroatoms. The van der Waals surface area contributed by atoms with Crippen molar-refractivity contribution in [2.24, 2.45) is 0 Å². The number of ether oxygens (including phenoxy) is 1. The monoisotopic (exact) mass is 409 g/mol. The van der Waals surface area contributed by atoms with Gasteiger partial charge in [-0.25, -0.2) is 4.79 Å². The van der Waals surface area contributed by atoms with Crippen LogP contribution in [-0.4, -0.2) is 34.4 Å². The summed E-state index contributed by atoms with van der Waals surface area (Å²) in [5, 5.41) is 5.49. The van der Waals surface area contributed by atoms with Crippen LogP contribution in [0.2, 0.25) is 19.6 Å². The molecule has 0 radical (unpaired) electrons. The van der Waals surface area contributed by atoms with Crippen molar-refractivity contribution in [3.63, 3.8) is 0 Å². The Morgan fingerprint density at radius 1 is 1.07 bits per heavy atom. The Kier molecular flexibility index (Phi) is 5.63. The average molecular weight is 410 g/mol. The summed E-state index contributed by atoms with van der Waals surface area (Å²) in [4.78, 5) is 12.4. The molecular weight excluding hydrogens is 382 g/mol. The van der Waals surface area contributed by atoms with Crippen molar-refractivity contribution < 1.29 is 22.1 Å². The first kappa shape index (κ1) is 21.2. The van der Waals surface area contributed by atoms with Crippen LogP contribution in [0.3, 0.4) is 0 Å². The SMILES string of the molecule is CC(C)(C)OC(=O)Nc1c([Si](C)(C)C)ccc2ccc(OS(C)(=O)=O)cc12. The number of hydrogen-bond acceptors (Lipinski definition) is 5. The van der Waals surface area contributed by atoms with Crippen LogP contribution in [0, 0.1) is 0 Å². The first-order valence-corrected chi connectivity index (χ1v) is 13.9. The minimum Gasteiger partial charge on any atom is -0.444 e. The highest BCUT2D eigenvalue weighted by atomic mass is 32.2. The number of nitrogens with one attached hydrogen (secondary N) is 1. The number of fused-ring (bicyclic) bond motifs is 1. The smallest absolute Gasteiger partial charge is 0.412 e. The van der Waals surface area contributed by atoms with E-state index >= 15 is 0 Å². The van der Waals surface area contributed by atoms with Gasteiger partial charge in [0.15, 0.2) is 0 Å². The van der Waals surface area contributed by atoms with Crippen LogP contribution in [-0.2, 0) is 14.9 Å². The highest BCUT2D eigenvalue weighted by molar-refractivity contribution is 7.86. The Morgan fingerprint density at radius 3 is 2.19 bits per heavy atom. The van der Waals surface area contributed by atoms with Crippen LogP contribution < -0.4 is 14.7 Å². The molecule has 0 atom stereocenters. The molecule has 148 valence electrons. The molecule has 0 fully saturated rings. The van der Waals surface area contributed by atoms with Gasteiger partial charge >= 0.3 is 16.2 Å². The zero-order valence-electron chi connectivity index (χ0n) is 16.8. The summed E-state index contributed by atoms with van der Waals surface area (Å²) in [5.74, 6) is 0.199. The molecule has 1 N–H and O–H groups in total. The third-order valence-electron chi connectivity index (χ3n) is 3.67. The standard InChI is InChI=1S/C19H27NO5SSi/c1-19(2,3)24-18(21)20-17-15-12-14(25-26(4,22)23)10-8-13(15)9-11-16(17)27(5,6)7/h8-12H,1-7H3,(H,20,21). The van der Waals surface area contributed by atoms with Gasteiger partial charge in [-0.3, -0.25) is 5.32 Å². The van der Waals surface area contributed by atoms with Gasteiger partial charge in [-0.15, -0.1) is 0 Å². The third-order valence-corrected chi connectivity index (χ3v) is 6.20. The summed E-state index contributed by atoms with van der Waals surface area (Å²) in [6.45, 7) is 11.9. The van der Waals surface area contributed by atoms with Gasteiger partial charge < -0.3 is 8.92 Å². The van der Waals surface area contributed by atoms with Crippen molar-refractivity contribution in [3.8, 4) is 5.75 Å². The molecule has 6 nitrogen and oxygen atoms in total. The van der Waals surface area contributed by atoms with Crippen molar-refractivity contribution in [1.82, 2.24) is 0 Å². The average Bonchev–Trinajstić information content (AvgIpc) is 2.42. The quantitative estimate of drug-likeness (QED) is 0.608. The van der Waals surface area contributed by atoms with E-state index in [9.17, 15) is 13.2 Å². The molecule has 2 aromatic rings. The summed E-state index contributed by atoms with van der Waals surface area (Å²) in [6.07, 6.45) is 0.444. The molecule has 1 amide bonds. The van der Waals surface area contributed by atoms with Crippen LogP contribution in [0.5, 0.6) is 5.75 Å². The molecule has 0 aliphatic carbocycles. The van der Waals surface area contributed by atoms with Gasteiger partial charge in [0.05, 0.1) is 20.0 Å². The molecule has 0 heterocycles. The third kappa shape index (κ3) is 5.97. The van der Waals surface area contributed by atoms with Crippen molar-refractivity contribution in [2.45, 2.75) is 46.0 Å². The van der Waals surface area contributed by atoms with Crippen molar-refractivity contribution in [2.75, 3.05) is 11.6 Å². The first-order valence-electron chi connectivity index (χ1n) is 8.62. The number of anilines is 1. The normalized spacial score (nSPS) is 12.7. The Morgan fingerprint density at radius 2 is 1.67 bits per heavy atom. The van der Waals surface area contributed by atoms with E-state index in [2.05, 4.69) is 25.0 Å². The van der Waals surface area contributed by atoms with E-state index < -0.39 is 29.9 Å². The van der Waals surface area contributed by atoms with E-state index in [0.29, 0.717) is 11.1 Å². The summed E-state index contributed by atoms with van der Waals surface area (Å²) in [5.41, 5.74) is 0.0123. The van der Waals surface area contributed by atoms with Crippen LogP contribution in [0.25, 0.3) is 10.8 Å². The lowest BCUT2D eigenvalue weighted by Crippen LogP contribution is -2.40. The van der Waals surface area contributed by atoms with Gasteiger partial charge in [-0.1, -0.05) is 37.8 Å². The zero-order valence-corrected chi connectivity index (χ0v) is 18.7. The van der Waals surface area contributed by atoms with E-state index in [1.807, 2.05) is 12.1 Å².